The fourth-order valence-corrected chi connectivity index (χ4v) is 3.07. The van der Waals surface area contributed by atoms with E-state index in [9.17, 15) is 9.59 Å². The van der Waals surface area contributed by atoms with E-state index in [1.54, 1.807) is 12.1 Å². The molecule has 0 spiro atoms. The number of nitrogens with one attached hydrogen (secondary N) is 2. The number of rotatable bonds is 3. The number of carboxylic acids is 1. The van der Waals surface area contributed by atoms with Gasteiger partial charge in [0.1, 0.15) is 0 Å². The molecule has 21 heavy (non-hydrogen) atoms. The van der Waals surface area contributed by atoms with Crippen LogP contribution in [0.3, 0.4) is 0 Å². The molecule has 0 radical (unpaired) electrons. The Balaban J connectivity index is 2.01. The average Bonchev–Trinajstić information content (AvgIpc) is 2.40. The Kier molecular flexibility index (Phi) is 5.22. The summed E-state index contributed by atoms with van der Waals surface area (Å²) in [6.45, 7) is 2.18. The molecule has 114 valence electrons. The molecule has 1 fully saturated rings. The number of urea groups is 1. The summed E-state index contributed by atoms with van der Waals surface area (Å²) < 4.78 is 0.659. The maximum atomic E-state index is 12.0. The number of hydrogen-bond acceptors (Lipinski definition) is 2. The zero-order valence-electron chi connectivity index (χ0n) is 11.9. The van der Waals surface area contributed by atoms with E-state index in [2.05, 4.69) is 33.5 Å². The Morgan fingerprint density at radius 1 is 1.33 bits per heavy atom. The third kappa shape index (κ3) is 4.46. The Morgan fingerprint density at radius 3 is 2.76 bits per heavy atom. The molecular weight excluding hydrogens is 336 g/mol. The van der Waals surface area contributed by atoms with Gasteiger partial charge in [-0.25, -0.2) is 9.59 Å². The summed E-state index contributed by atoms with van der Waals surface area (Å²) in [7, 11) is 0. The number of carboxylic acid groups (broad SMARTS) is 1. The molecule has 3 N–H and O–H groups in total. The highest BCUT2D eigenvalue weighted by Crippen LogP contribution is 2.24. The zero-order chi connectivity index (χ0) is 15.4. The predicted molar refractivity (Wildman–Crippen MR) is 84.7 cm³/mol. The lowest BCUT2D eigenvalue weighted by atomic mass is 9.87. The third-order valence-electron chi connectivity index (χ3n) is 3.73. The van der Waals surface area contributed by atoms with Crippen molar-refractivity contribution >= 4 is 33.6 Å². The summed E-state index contributed by atoms with van der Waals surface area (Å²) >= 11 is 3.23. The van der Waals surface area contributed by atoms with Gasteiger partial charge in [-0.15, -0.1) is 0 Å². The van der Waals surface area contributed by atoms with Crippen molar-refractivity contribution in [3.8, 4) is 0 Å². The largest absolute Gasteiger partial charge is 0.478 e. The summed E-state index contributed by atoms with van der Waals surface area (Å²) in [4.78, 5) is 23.2. The standard InChI is InChI=1S/C15H19BrN2O3/c1-9-3-2-4-11(7-9)17-15(21)18-13-6-5-10(16)8-12(13)14(19)20/h5-6,8-9,11H,2-4,7H2,1H3,(H,19,20)(H2,17,18,21). The molecular formula is C15H19BrN2O3. The molecule has 1 aliphatic rings. The van der Waals surface area contributed by atoms with Gasteiger partial charge in [-0.05, 0) is 37.0 Å². The molecule has 5 nitrogen and oxygen atoms in total. The monoisotopic (exact) mass is 354 g/mol. The van der Waals surface area contributed by atoms with Crippen LogP contribution in [0.4, 0.5) is 10.5 Å². The Labute approximate surface area is 132 Å². The number of anilines is 1. The van der Waals surface area contributed by atoms with Crippen LogP contribution in [-0.4, -0.2) is 23.1 Å². The summed E-state index contributed by atoms with van der Waals surface area (Å²) in [6.07, 6.45) is 4.27. The molecule has 1 aromatic rings. The van der Waals surface area contributed by atoms with E-state index in [0.717, 1.165) is 19.3 Å². The molecule has 6 heteroatoms. The molecule has 0 aliphatic heterocycles. The van der Waals surface area contributed by atoms with Gasteiger partial charge >= 0.3 is 12.0 Å². The van der Waals surface area contributed by atoms with Crippen molar-refractivity contribution in [3.63, 3.8) is 0 Å². The van der Waals surface area contributed by atoms with E-state index in [1.807, 2.05) is 0 Å². The van der Waals surface area contributed by atoms with Crippen molar-refractivity contribution in [1.29, 1.82) is 0 Å². The smallest absolute Gasteiger partial charge is 0.337 e. The number of halogens is 1. The minimum Gasteiger partial charge on any atom is -0.478 e. The summed E-state index contributed by atoms with van der Waals surface area (Å²) in [6, 6.07) is 4.57. The van der Waals surface area contributed by atoms with Gasteiger partial charge in [-0.2, -0.15) is 0 Å². The van der Waals surface area contributed by atoms with Crippen LogP contribution in [0.25, 0.3) is 0 Å². The zero-order valence-corrected chi connectivity index (χ0v) is 13.4. The van der Waals surface area contributed by atoms with E-state index in [-0.39, 0.29) is 17.6 Å². The molecule has 0 saturated heterocycles. The van der Waals surface area contributed by atoms with Crippen molar-refractivity contribution in [2.75, 3.05) is 5.32 Å². The molecule has 2 unspecified atom stereocenters. The Morgan fingerprint density at radius 2 is 2.10 bits per heavy atom. The van der Waals surface area contributed by atoms with Crippen LogP contribution < -0.4 is 10.6 Å². The summed E-state index contributed by atoms with van der Waals surface area (Å²) in [5.41, 5.74) is 0.364. The first-order valence-electron chi connectivity index (χ1n) is 7.06. The molecule has 2 rings (SSSR count). The van der Waals surface area contributed by atoms with Crippen LogP contribution in [0.15, 0.2) is 22.7 Å². The van der Waals surface area contributed by atoms with E-state index in [4.69, 9.17) is 5.11 Å². The number of hydrogen-bond donors (Lipinski definition) is 3. The predicted octanol–water partition coefficient (Wildman–Crippen LogP) is 3.85. The second-order valence-electron chi connectivity index (χ2n) is 5.56. The number of aromatic carboxylic acids is 1. The maximum Gasteiger partial charge on any atom is 0.337 e. The van der Waals surface area contributed by atoms with Gasteiger partial charge in [-0.3, -0.25) is 0 Å². The maximum absolute atomic E-state index is 12.0. The second kappa shape index (κ2) is 6.93. The van der Waals surface area contributed by atoms with Gasteiger partial charge < -0.3 is 15.7 Å². The average molecular weight is 355 g/mol. The molecule has 1 aliphatic carbocycles. The normalized spacial score (nSPS) is 21.6. The SMILES string of the molecule is CC1CCCC(NC(=O)Nc2ccc(Br)cc2C(=O)O)C1. The molecule has 1 saturated carbocycles. The van der Waals surface area contributed by atoms with Gasteiger partial charge in [0, 0.05) is 10.5 Å². The van der Waals surface area contributed by atoms with Gasteiger partial charge in [0.15, 0.2) is 0 Å². The summed E-state index contributed by atoms with van der Waals surface area (Å²) in [5.74, 6) is -0.454. The fourth-order valence-electron chi connectivity index (χ4n) is 2.71. The topological polar surface area (TPSA) is 78.4 Å². The van der Waals surface area contributed by atoms with Crippen molar-refractivity contribution in [3.05, 3.63) is 28.2 Å². The lowest BCUT2D eigenvalue weighted by Gasteiger charge is -2.27. The first kappa shape index (κ1) is 15.8. The molecule has 0 heterocycles. The van der Waals surface area contributed by atoms with E-state index in [0.29, 0.717) is 16.1 Å². The second-order valence-corrected chi connectivity index (χ2v) is 6.48. The quantitative estimate of drug-likeness (QED) is 0.771. The Bertz CT molecular complexity index is 548. The van der Waals surface area contributed by atoms with Crippen molar-refractivity contribution in [1.82, 2.24) is 5.32 Å². The van der Waals surface area contributed by atoms with Crippen LogP contribution in [-0.2, 0) is 0 Å². The van der Waals surface area contributed by atoms with Crippen molar-refractivity contribution < 1.29 is 14.7 Å². The summed E-state index contributed by atoms with van der Waals surface area (Å²) in [5, 5.41) is 14.7. The van der Waals surface area contributed by atoms with Crippen molar-refractivity contribution in [2.24, 2.45) is 5.92 Å². The van der Waals surface area contributed by atoms with E-state index < -0.39 is 5.97 Å². The van der Waals surface area contributed by atoms with Gasteiger partial charge in [0.05, 0.1) is 11.3 Å². The van der Waals surface area contributed by atoms with Crippen molar-refractivity contribution in [2.45, 2.75) is 38.6 Å². The van der Waals surface area contributed by atoms with Gasteiger partial charge in [0.2, 0.25) is 0 Å². The number of benzene rings is 1. The fraction of sp³-hybridized carbons (Fsp3) is 0.467. The Hall–Kier alpha value is -1.56. The van der Waals surface area contributed by atoms with E-state index in [1.165, 1.54) is 12.5 Å². The molecule has 0 aromatic heterocycles. The van der Waals surface area contributed by atoms with Crippen LogP contribution in [0.5, 0.6) is 0 Å². The highest BCUT2D eigenvalue weighted by molar-refractivity contribution is 9.10. The number of amides is 2. The van der Waals surface area contributed by atoms with Crippen LogP contribution >= 0.6 is 15.9 Å². The van der Waals surface area contributed by atoms with Crippen LogP contribution in [0.2, 0.25) is 0 Å². The lowest BCUT2D eigenvalue weighted by molar-refractivity contribution is 0.0698. The van der Waals surface area contributed by atoms with E-state index >= 15 is 0 Å². The minimum absolute atomic E-state index is 0.0662. The van der Waals surface area contributed by atoms with Crippen LogP contribution in [0.1, 0.15) is 43.0 Å². The number of carbonyl (C=O) groups is 2. The molecule has 0 bridgehead atoms. The lowest BCUT2D eigenvalue weighted by Crippen LogP contribution is -2.40. The van der Waals surface area contributed by atoms with Gasteiger partial charge in [-0.1, -0.05) is 35.7 Å². The first-order chi connectivity index (χ1) is 9.95. The highest BCUT2D eigenvalue weighted by Gasteiger charge is 2.21. The van der Waals surface area contributed by atoms with Crippen LogP contribution in [0, 0.1) is 5.92 Å². The molecule has 1 aromatic carbocycles. The molecule has 2 amide bonds. The minimum atomic E-state index is -1.07. The first-order valence-corrected chi connectivity index (χ1v) is 7.85. The van der Waals surface area contributed by atoms with Gasteiger partial charge in [0.25, 0.3) is 0 Å². The molecule has 2 atom stereocenters. The highest BCUT2D eigenvalue weighted by atomic mass is 79.9. The third-order valence-corrected chi connectivity index (χ3v) is 4.23. The number of carbonyl (C=O) groups excluding carboxylic acids is 1.